The molecule has 5 rings (SSSR count). The highest BCUT2D eigenvalue weighted by Gasteiger charge is 2.16. The number of unbranched alkanes of at least 4 members (excludes halogenated alkanes) is 1. The van der Waals surface area contributed by atoms with Gasteiger partial charge in [-0.05, 0) is 73.4 Å². The third-order valence-corrected chi connectivity index (χ3v) is 6.33. The van der Waals surface area contributed by atoms with Crippen LogP contribution in [-0.4, -0.2) is 30.8 Å². The molecule has 0 atom stereocenters. The summed E-state index contributed by atoms with van der Waals surface area (Å²) in [7, 11) is 0. The predicted molar refractivity (Wildman–Crippen MR) is 140 cm³/mol. The second-order valence-electron chi connectivity index (χ2n) is 9.12. The van der Waals surface area contributed by atoms with Crippen LogP contribution in [0.25, 0.3) is 28.0 Å². The standard InChI is InChI=1S/C29H24F2N4O4/c30-20-9-5-18(6-10-20)7-16-26-33-28(34-39-26)19-8-15-23-24(17-19)32-25(3-1-2-4-27(36)37)35(29(23)38)22-13-11-21(31)12-14-22/h5-6,8-15,17H,1-4,7,16H2,(H,36,37). The number of carbonyl (C=O) groups is 1. The Morgan fingerprint density at radius 2 is 1.59 bits per heavy atom. The van der Waals surface area contributed by atoms with Crippen molar-refractivity contribution < 1.29 is 23.2 Å². The van der Waals surface area contributed by atoms with Gasteiger partial charge in [-0.3, -0.25) is 14.2 Å². The number of aromatic nitrogens is 4. The van der Waals surface area contributed by atoms with Crippen molar-refractivity contribution in [2.75, 3.05) is 0 Å². The van der Waals surface area contributed by atoms with Crippen LogP contribution < -0.4 is 5.56 Å². The number of aryl methyl sites for hydroxylation is 3. The summed E-state index contributed by atoms with van der Waals surface area (Å²) in [5.41, 5.74) is 2.14. The number of hydrogen-bond donors (Lipinski definition) is 1. The summed E-state index contributed by atoms with van der Waals surface area (Å²) in [5.74, 6) is -0.400. The lowest BCUT2D eigenvalue weighted by Crippen LogP contribution is -2.24. The van der Waals surface area contributed by atoms with Crippen LogP contribution >= 0.6 is 0 Å². The molecule has 10 heteroatoms. The van der Waals surface area contributed by atoms with Crippen LogP contribution in [0.4, 0.5) is 8.78 Å². The minimum atomic E-state index is -0.890. The second kappa shape index (κ2) is 11.3. The number of carboxylic acid groups (broad SMARTS) is 1. The first-order chi connectivity index (χ1) is 18.9. The number of nitrogens with zero attached hydrogens (tertiary/aromatic N) is 4. The molecule has 0 bridgehead atoms. The molecule has 0 saturated carbocycles. The summed E-state index contributed by atoms with van der Waals surface area (Å²) in [4.78, 5) is 33.6. The summed E-state index contributed by atoms with van der Waals surface area (Å²) in [6.07, 6.45) is 2.39. The molecule has 0 aliphatic heterocycles. The molecule has 0 saturated heterocycles. The Kier molecular flexibility index (Phi) is 7.53. The predicted octanol–water partition coefficient (Wildman–Crippen LogP) is 5.30. The van der Waals surface area contributed by atoms with Gasteiger partial charge in [0, 0.05) is 24.8 Å². The van der Waals surface area contributed by atoms with Gasteiger partial charge in [0.2, 0.25) is 11.7 Å². The van der Waals surface area contributed by atoms with Crippen LogP contribution in [-0.2, 0) is 24.1 Å². The van der Waals surface area contributed by atoms with E-state index in [0.717, 1.165) is 5.56 Å². The Labute approximate surface area is 221 Å². The van der Waals surface area contributed by atoms with Gasteiger partial charge in [0.05, 0.1) is 16.6 Å². The van der Waals surface area contributed by atoms with Gasteiger partial charge in [0.1, 0.15) is 17.5 Å². The molecule has 0 amide bonds. The third-order valence-electron chi connectivity index (χ3n) is 6.33. The van der Waals surface area contributed by atoms with E-state index in [1.54, 1.807) is 30.3 Å². The van der Waals surface area contributed by atoms with Crippen molar-refractivity contribution in [3.8, 4) is 17.1 Å². The zero-order valence-corrected chi connectivity index (χ0v) is 20.8. The van der Waals surface area contributed by atoms with E-state index in [1.165, 1.54) is 41.0 Å². The van der Waals surface area contributed by atoms with Gasteiger partial charge < -0.3 is 9.63 Å². The van der Waals surface area contributed by atoms with Gasteiger partial charge in [-0.15, -0.1) is 0 Å². The lowest BCUT2D eigenvalue weighted by molar-refractivity contribution is -0.137. The van der Waals surface area contributed by atoms with Crippen molar-refractivity contribution in [1.82, 2.24) is 19.7 Å². The van der Waals surface area contributed by atoms with E-state index in [1.807, 2.05) is 0 Å². The number of benzene rings is 3. The molecule has 5 aromatic rings. The van der Waals surface area contributed by atoms with Crippen LogP contribution in [0.1, 0.15) is 36.5 Å². The van der Waals surface area contributed by atoms with E-state index in [0.29, 0.717) is 71.8 Å². The Balaban J connectivity index is 1.45. The van der Waals surface area contributed by atoms with Crippen molar-refractivity contribution >= 4 is 16.9 Å². The van der Waals surface area contributed by atoms with Crippen molar-refractivity contribution in [2.24, 2.45) is 0 Å². The fourth-order valence-electron chi connectivity index (χ4n) is 4.33. The normalized spacial score (nSPS) is 11.2. The zero-order chi connectivity index (χ0) is 27.4. The second-order valence-corrected chi connectivity index (χ2v) is 9.12. The van der Waals surface area contributed by atoms with E-state index in [-0.39, 0.29) is 17.8 Å². The molecule has 0 radical (unpaired) electrons. The maximum atomic E-state index is 13.5. The number of fused-ring (bicyclic) bond motifs is 1. The Bertz CT molecular complexity index is 1680. The lowest BCUT2D eigenvalue weighted by atomic mass is 10.1. The molecule has 1 N–H and O–H groups in total. The molecule has 2 heterocycles. The minimum absolute atomic E-state index is 0.0137. The van der Waals surface area contributed by atoms with Crippen LogP contribution in [0.3, 0.4) is 0 Å². The summed E-state index contributed by atoms with van der Waals surface area (Å²) in [6, 6.07) is 16.8. The largest absolute Gasteiger partial charge is 0.481 e. The summed E-state index contributed by atoms with van der Waals surface area (Å²) in [6.45, 7) is 0. The highest BCUT2D eigenvalue weighted by molar-refractivity contribution is 5.82. The van der Waals surface area contributed by atoms with Gasteiger partial charge >= 0.3 is 5.97 Å². The fraction of sp³-hybridized carbons (Fsp3) is 0.207. The first-order valence-corrected chi connectivity index (χ1v) is 12.5. The molecular formula is C29H24F2N4O4. The molecule has 8 nitrogen and oxygen atoms in total. The first kappa shape index (κ1) is 25.9. The first-order valence-electron chi connectivity index (χ1n) is 12.5. The van der Waals surface area contributed by atoms with Crippen LogP contribution in [0, 0.1) is 11.6 Å². The molecule has 0 fully saturated rings. The van der Waals surface area contributed by atoms with Crippen LogP contribution in [0.5, 0.6) is 0 Å². The molecule has 0 unspecified atom stereocenters. The van der Waals surface area contributed by atoms with E-state index in [2.05, 4.69) is 10.1 Å². The number of aliphatic carboxylic acids is 1. The van der Waals surface area contributed by atoms with E-state index < -0.39 is 11.8 Å². The summed E-state index contributed by atoms with van der Waals surface area (Å²) in [5, 5.41) is 13.4. The SMILES string of the molecule is O=C(O)CCCCc1nc2cc(-c3noc(CCc4ccc(F)cc4)n3)ccc2c(=O)n1-c1ccc(F)cc1. The molecule has 2 aromatic heterocycles. The highest BCUT2D eigenvalue weighted by atomic mass is 19.1. The van der Waals surface area contributed by atoms with Crippen molar-refractivity contribution in [2.45, 2.75) is 38.5 Å². The van der Waals surface area contributed by atoms with Crippen molar-refractivity contribution in [3.05, 3.63) is 106 Å². The average molecular weight is 531 g/mol. The van der Waals surface area contributed by atoms with Gasteiger partial charge in [-0.1, -0.05) is 23.4 Å². The Hall–Kier alpha value is -4.73. The zero-order valence-electron chi connectivity index (χ0n) is 20.8. The van der Waals surface area contributed by atoms with Crippen molar-refractivity contribution in [1.29, 1.82) is 0 Å². The number of halogens is 2. The topological polar surface area (TPSA) is 111 Å². The molecule has 0 spiro atoms. The minimum Gasteiger partial charge on any atom is -0.481 e. The van der Waals surface area contributed by atoms with E-state index in [9.17, 15) is 18.4 Å². The molecule has 3 aromatic carbocycles. The van der Waals surface area contributed by atoms with E-state index >= 15 is 0 Å². The summed E-state index contributed by atoms with van der Waals surface area (Å²) < 4.78 is 33.5. The van der Waals surface area contributed by atoms with Gasteiger partial charge in [0.15, 0.2) is 0 Å². The number of hydrogen-bond acceptors (Lipinski definition) is 6. The quantitative estimate of drug-likeness (QED) is 0.244. The molecule has 0 aliphatic carbocycles. The van der Waals surface area contributed by atoms with Crippen LogP contribution in [0.2, 0.25) is 0 Å². The monoisotopic (exact) mass is 530 g/mol. The average Bonchev–Trinajstić information content (AvgIpc) is 3.40. The lowest BCUT2D eigenvalue weighted by Gasteiger charge is -2.14. The Morgan fingerprint density at radius 1 is 0.872 bits per heavy atom. The van der Waals surface area contributed by atoms with Gasteiger partial charge in [-0.2, -0.15) is 4.98 Å². The maximum absolute atomic E-state index is 13.5. The van der Waals surface area contributed by atoms with Crippen molar-refractivity contribution in [3.63, 3.8) is 0 Å². The van der Waals surface area contributed by atoms with Crippen LogP contribution in [0.15, 0.2) is 76.0 Å². The molecule has 39 heavy (non-hydrogen) atoms. The summed E-state index contributed by atoms with van der Waals surface area (Å²) >= 11 is 0. The smallest absolute Gasteiger partial charge is 0.303 e. The van der Waals surface area contributed by atoms with E-state index in [4.69, 9.17) is 14.6 Å². The fourth-order valence-corrected chi connectivity index (χ4v) is 4.33. The number of carboxylic acids is 1. The third kappa shape index (κ3) is 6.06. The molecule has 198 valence electrons. The molecular weight excluding hydrogens is 506 g/mol. The van der Waals surface area contributed by atoms with Gasteiger partial charge in [-0.25, -0.2) is 13.8 Å². The Morgan fingerprint density at radius 3 is 2.31 bits per heavy atom. The molecule has 0 aliphatic rings. The maximum Gasteiger partial charge on any atom is 0.303 e. The number of rotatable bonds is 10. The highest BCUT2D eigenvalue weighted by Crippen LogP contribution is 2.22. The van der Waals surface area contributed by atoms with Gasteiger partial charge in [0.25, 0.3) is 5.56 Å².